The number of aromatic nitrogens is 3. The van der Waals surface area contributed by atoms with E-state index < -0.39 is 6.36 Å². The smallest absolute Gasteiger partial charge is 0.405 e. The van der Waals surface area contributed by atoms with Crippen LogP contribution in [-0.2, 0) is 13.6 Å². The summed E-state index contributed by atoms with van der Waals surface area (Å²) in [6.07, 6.45) is -0.121. The van der Waals surface area contributed by atoms with Crippen molar-refractivity contribution in [2.75, 3.05) is 0 Å². The lowest BCUT2D eigenvalue weighted by Crippen LogP contribution is -2.36. The largest absolute Gasteiger partial charge is 0.573 e. The number of nitrogens with zero attached hydrogens (tertiary/aromatic N) is 4. The number of benzene rings is 1. The molecule has 0 aliphatic heterocycles. The Morgan fingerprint density at radius 3 is 2.57 bits per heavy atom. The normalized spacial score (nSPS) is 11.6. The Balaban J connectivity index is 1.89. The van der Waals surface area contributed by atoms with Gasteiger partial charge in [-0.15, -0.1) is 13.2 Å². The van der Waals surface area contributed by atoms with Gasteiger partial charge in [0.05, 0.1) is 12.0 Å². The molecule has 9 heteroatoms. The van der Waals surface area contributed by atoms with Crippen LogP contribution < -0.4 is 4.74 Å². The van der Waals surface area contributed by atoms with E-state index in [9.17, 15) is 18.0 Å². The van der Waals surface area contributed by atoms with Gasteiger partial charge in [-0.2, -0.15) is 0 Å². The second-order valence-electron chi connectivity index (χ2n) is 7.04. The average Bonchev–Trinajstić information content (AvgIpc) is 3.11. The molecule has 1 aromatic carbocycles. The maximum absolute atomic E-state index is 12.9. The van der Waals surface area contributed by atoms with E-state index in [2.05, 4.69) is 14.7 Å². The third-order valence-electron chi connectivity index (χ3n) is 4.37. The molecule has 0 aliphatic rings. The molecule has 3 rings (SSSR count). The fourth-order valence-corrected chi connectivity index (χ4v) is 2.97. The first kappa shape index (κ1) is 21.4. The number of amides is 1. The number of carbonyl (C=O) groups is 1. The van der Waals surface area contributed by atoms with Gasteiger partial charge < -0.3 is 14.2 Å². The van der Waals surface area contributed by atoms with Crippen molar-refractivity contribution in [1.29, 1.82) is 0 Å². The highest BCUT2D eigenvalue weighted by atomic mass is 19.4. The summed E-state index contributed by atoms with van der Waals surface area (Å²) in [7, 11) is 1.78. The third kappa shape index (κ3) is 5.16. The highest BCUT2D eigenvalue weighted by molar-refractivity contribution is 5.92. The predicted octanol–water partition coefficient (Wildman–Crippen LogP) is 4.43. The number of alkyl halides is 3. The van der Waals surface area contributed by atoms with Crippen LogP contribution in [0.4, 0.5) is 13.2 Å². The second kappa shape index (κ2) is 8.56. The Bertz CT molecular complexity index is 1030. The van der Waals surface area contributed by atoms with Crippen molar-refractivity contribution in [2.24, 2.45) is 7.05 Å². The molecule has 30 heavy (non-hydrogen) atoms. The van der Waals surface area contributed by atoms with Gasteiger partial charge in [-0.25, -0.2) is 4.98 Å². The second-order valence-corrected chi connectivity index (χ2v) is 7.04. The molecule has 0 unspecified atom stereocenters. The number of para-hydroxylation sites is 1. The van der Waals surface area contributed by atoms with Crippen LogP contribution in [0.5, 0.6) is 5.75 Å². The van der Waals surface area contributed by atoms with E-state index in [1.54, 1.807) is 47.2 Å². The Kier molecular flexibility index (Phi) is 6.09. The van der Waals surface area contributed by atoms with Crippen molar-refractivity contribution in [3.63, 3.8) is 0 Å². The van der Waals surface area contributed by atoms with Gasteiger partial charge in [0.1, 0.15) is 11.4 Å². The molecular formula is C21H21F3N4O2. The summed E-state index contributed by atoms with van der Waals surface area (Å²) in [6.45, 7) is 4.02. The average molecular weight is 418 g/mol. The molecule has 0 fully saturated rings. The van der Waals surface area contributed by atoms with Crippen molar-refractivity contribution < 1.29 is 22.7 Å². The standard InChI is InChI=1S/C21H21F3N4O2/c1-14(2)28(20(29)18-12-27(3)13-26-18)11-15-8-9-25-17(10-15)16-6-4-5-7-19(16)30-21(22,23)24/h4-10,12-14H,11H2,1-3H3. The molecule has 2 aromatic heterocycles. The minimum atomic E-state index is -4.81. The number of hydrogen-bond donors (Lipinski definition) is 0. The molecule has 0 bridgehead atoms. The highest BCUT2D eigenvalue weighted by Gasteiger charge is 2.32. The van der Waals surface area contributed by atoms with Crippen LogP contribution >= 0.6 is 0 Å². The third-order valence-corrected chi connectivity index (χ3v) is 4.37. The maximum atomic E-state index is 12.9. The fourth-order valence-electron chi connectivity index (χ4n) is 2.97. The number of ether oxygens (including phenoxy) is 1. The lowest BCUT2D eigenvalue weighted by atomic mass is 10.1. The highest BCUT2D eigenvalue weighted by Crippen LogP contribution is 2.33. The molecule has 2 heterocycles. The molecule has 0 aliphatic carbocycles. The summed E-state index contributed by atoms with van der Waals surface area (Å²) < 4.78 is 44.0. The Morgan fingerprint density at radius 1 is 1.20 bits per heavy atom. The summed E-state index contributed by atoms with van der Waals surface area (Å²) in [5.74, 6) is -0.565. The Morgan fingerprint density at radius 2 is 1.93 bits per heavy atom. The molecule has 0 N–H and O–H groups in total. The zero-order valence-corrected chi connectivity index (χ0v) is 16.7. The van der Waals surface area contributed by atoms with E-state index in [1.807, 2.05) is 13.8 Å². The number of carbonyl (C=O) groups excluding carboxylic acids is 1. The molecular weight excluding hydrogens is 397 g/mol. The van der Waals surface area contributed by atoms with E-state index in [4.69, 9.17) is 0 Å². The molecule has 0 saturated carbocycles. The molecule has 0 spiro atoms. The SMILES string of the molecule is CC(C)N(Cc1ccnc(-c2ccccc2OC(F)(F)F)c1)C(=O)c1cn(C)cn1. The van der Waals surface area contributed by atoms with Gasteiger partial charge in [0, 0.05) is 37.6 Å². The van der Waals surface area contributed by atoms with Crippen LogP contribution in [0.1, 0.15) is 29.9 Å². The van der Waals surface area contributed by atoms with Gasteiger partial charge in [0.25, 0.3) is 5.91 Å². The summed E-state index contributed by atoms with van der Waals surface area (Å²) in [4.78, 5) is 22.8. The first-order valence-electron chi connectivity index (χ1n) is 9.23. The van der Waals surface area contributed by atoms with E-state index in [0.717, 1.165) is 5.56 Å². The summed E-state index contributed by atoms with van der Waals surface area (Å²) in [5, 5.41) is 0. The molecule has 0 atom stereocenters. The number of rotatable bonds is 6. The molecule has 0 saturated heterocycles. The van der Waals surface area contributed by atoms with Crippen molar-refractivity contribution >= 4 is 5.91 Å². The molecule has 3 aromatic rings. The fraction of sp³-hybridized carbons (Fsp3) is 0.286. The quantitative estimate of drug-likeness (QED) is 0.594. The molecule has 1 amide bonds. The Hall–Kier alpha value is -3.36. The number of hydrogen-bond acceptors (Lipinski definition) is 4. The van der Waals surface area contributed by atoms with Crippen LogP contribution in [-0.4, -0.2) is 37.7 Å². The van der Waals surface area contributed by atoms with Crippen molar-refractivity contribution in [1.82, 2.24) is 19.4 Å². The van der Waals surface area contributed by atoms with Gasteiger partial charge >= 0.3 is 6.36 Å². The van der Waals surface area contributed by atoms with E-state index in [-0.39, 0.29) is 29.8 Å². The van der Waals surface area contributed by atoms with Crippen molar-refractivity contribution in [3.8, 4) is 17.0 Å². The van der Waals surface area contributed by atoms with E-state index >= 15 is 0 Å². The van der Waals surface area contributed by atoms with Gasteiger partial charge in [-0.1, -0.05) is 12.1 Å². The zero-order valence-electron chi connectivity index (χ0n) is 16.7. The molecule has 0 radical (unpaired) electrons. The number of halogens is 3. The van der Waals surface area contributed by atoms with Gasteiger partial charge in [-0.3, -0.25) is 9.78 Å². The van der Waals surface area contributed by atoms with Gasteiger partial charge in [0.2, 0.25) is 0 Å². The summed E-state index contributed by atoms with van der Waals surface area (Å²) in [5.41, 5.74) is 1.58. The van der Waals surface area contributed by atoms with Crippen LogP contribution in [0.2, 0.25) is 0 Å². The number of aryl methyl sites for hydroxylation is 1. The first-order chi connectivity index (χ1) is 14.1. The van der Waals surface area contributed by atoms with Crippen LogP contribution in [0.25, 0.3) is 11.3 Å². The number of pyridine rings is 1. The van der Waals surface area contributed by atoms with E-state index in [1.165, 1.54) is 24.4 Å². The summed E-state index contributed by atoms with van der Waals surface area (Å²) >= 11 is 0. The zero-order chi connectivity index (χ0) is 21.9. The maximum Gasteiger partial charge on any atom is 0.573 e. The van der Waals surface area contributed by atoms with Gasteiger partial charge in [0.15, 0.2) is 0 Å². The van der Waals surface area contributed by atoms with E-state index in [0.29, 0.717) is 11.4 Å². The minimum Gasteiger partial charge on any atom is -0.405 e. The van der Waals surface area contributed by atoms with Crippen LogP contribution in [0.3, 0.4) is 0 Å². The monoisotopic (exact) mass is 418 g/mol. The lowest BCUT2D eigenvalue weighted by molar-refractivity contribution is -0.274. The first-order valence-corrected chi connectivity index (χ1v) is 9.23. The topological polar surface area (TPSA) is 60.3 Å². The van der Waals surface area contributed by atoms with Crippen molar-refractivity contribution in [2.45, 2.75) is 32.8 Å². The number of imidazole rings is 1. The van der Waals surface area contributed by atoms with Crippen LogP contribution in [0.15, 0.2) is 55.1 Å². The predicted molar refractivity (Wildman–Crippen MR) is 105 cm³/mol. The Labute approximate surface area is 171 Å². The summed E-state index contributed by atoms with van der Waals surface area (Å²) in [6, 6.07) is 9.07. The van der Waals surface area contributed by atoms with Gasteiger partial charge in [-0.05, 0) is 43.7 Å². The molecule has 158 valence electrons. The minimum absolute atomic E-state index is 0.114. The molecule has 6 nitrogen and oxygen atoms in total. The lowest BCUT2D eigenvalue weighted by Gasteiger charge is -2.26. The van der Waals surface area contributed by atoms with Crippen LogP contribution in [0, 0.1) is 0 Å². The van der Waals surface area contributed by atoms with Crippen molar-refractivity contribution in [3.05, 3.63) is 66.4 Å².